The Morgan fingerprint density at radius 2 is 1.80 bits per heavy atom. The van der Waals surface area contributed by atoms with Gasteiger partial charge >= 0.3 is 0 Å². The Kier molecular flexibility index (Phi) is 6.69. The first-order chi connectivity index (χ1) is 7.33. The first-order valence-electron chi connectivity index (χ1n) is 6.21. The fourth-order valence-corrected chi connectivity index (χ4v) is 2.07. The highest BCUT2D eigenvalue weighted by molar-refractivity contribution is 4.66. The van der Waals surface area contributed by atoms with E-state index < -0.39 is 0 Å². The van der Waals surface area contributed by atoms with Crippen LogP contribution in [0.15, 0.2) is 12.7 Å². The largest absolute Gasteiger partial charge is 0.350 e. The molecule has 1 aliphatic carbocycles. The molecular weight excluding hydrogens is 188 g/mol. The van der Waals surface area contributed by atoms with Crippen molar-refractivity contribution in [1.82, 2.24) is 0 Å². The van der Waals surface area contributed by atoms with Gasteiger partial charge in [0.25, 0.3) is 0 Å². The zero-order valence-corrected chi connectivity index (χ0v) is 9.91. The molecule has 0 saturated heterocycles. The highest BCUT2D eigenvalue weighted by Gasteiger charge is 2.14. The van der Waals surface area contributed by atoms with Crippen LogP contribution in [0.5, 0.6) is 0 Å². The summed E-state index contributed by atoms with van der Waals surface area (Å²) in [5, 5.41) is 0. The molecule has 1 atom stereocenters. The zero-order chi connectivity index (χ0) is 10.9. The first-order valence-corrected chi connectivity index (χ1v) is 6.21. The molecule has 2 heteroatoms. The molecule has 0 aliphatic heterocycles. The lowest BCUT2D eigenvalue weighted by Crippen LogP contribution is -2.23. The predicted molar refractivity (Wildman–Crippen MR) is 62.8 cm³/mol. The predicted octanol–water partition coefficient (Wildman–Crippen LogP) is 3.66. The van der Waals surface area contributed by atoms with Crippen LogP contribution in [0.1, 0.15) is 51.9 Å². The van der Waals surface area contributed by atoms with E-state index in [1.165, 1.54) is 44.9 Å². The van der Waals surface area contributed by atoms with E-state index in [-0.39, 0.29) is 6.29 Å². The Hall–Kier alpha value is -0.340. The molecule has 0 radical (unpaired) electrons. The van der Waals surface area contributed by atoms with Crippen molar-refractivity contribution in [3.63, 3.8) is 0 Å². The second-order valence-corrected chi connectivity index (χ2v) is 4.29. The molecule has 0 heterocycles. The van der Waals surface area contributed by atoms with Gasteiger partial charge in [0.15, 0.2) is 6.29 Å². The Balaban J connectivity index is 2.18. The topological polar surface area (TPSA) is 18.5 Å². The quantitative estimate of drug-likeness (QED) is 0.511. The fraction of sp³-hybridized carbons (Fsp3) is 0.846. The van der Waals surface area contributed by atoms with Crippen molar-refractivity contribution >= 4 is 0 Å². The van der Waals surface area contributed by atoms with E-state index in [0.29, 0.717) is 12.7 Å². The normalized spacial score (nSPS) is 21.7. The van der Waals surface area contributed by atoms with Crippen LogP contribution in [-0.4, -0.2) is 19.0 Å². The molecule has 2 nitrogen and oxygen atoms in total. The summed E-state index contributed by atoms with van der Waals surface area (Å²) in [6.07, 6.45) is 11.2. The van der Waals surface area contributed by atoms with Crippen molar-refractivity contribution in [3.8, 4) is 0 Å². The van der Waals surface area contributed by atoms with Crippen LogP contribution >= 0.6 is 0 Å². The van der Waals surface area contributed by atoms with E-state index in [1.54, 1.807) is 6.08 Å². The molecule has 1 saturated carbocycles. The van der Waals surface area contributed by atoms with E-state index >= 15 is 0 Å². The van der Waals surface area contributed by atoms with Crippen LogP contribution in [0.2, 0.25) is 0 Å². The van der Waals surface area contributed by atoms with Crippen LogP contribution in [-0.2, 0) is 9.47 Å². The van der Waals surface area contributed by atoms with Gasteiger partial charge in [-0.1, -0.05) is 38.2 Å². The Bertz CT molecular complexity index is 160. The molecule has 0 N–H and O–H groups in total. The van der Waals surface area contributed by atoms with Crippen molar-refractivity contribution in [1.29, 1.82) is 0 Å². The number of rotatable bonds is 5. The van der Waals surface area contributed by atoms with Gasteiger partial charge in [-0.2, -0.15) is 0 Å². The summed E-state index contributed by atoms with van der Waals surface area (Å²) in [6, 6.07) is 0. The van der Waals surface area contributed by atoms with Gasteiger partial charge in [-0.25, -0.2) is 0 Å². The minimum absolute atomic E-state index is 0.0903. The molecule has 15 heavy (non-hydrogen) atoms. The lowest BCUT2D eigenvalue weighted by molar-refractivity contribution is -0.157. The highest BCUT2D eigenvalue weighted by Crippen LogP contribution is 2.20. The number of hydrogen-bond donors (Lipinski definition) is 0. The highest BCUT2D eigenvalue weighted by atomic mass is 16.7. The average molecular weight is 212 g/mol. The zero-order valence-electron chi connectivity index (χ0n) is 9.91. The van der Waals surface area contributed by atoms with Crippen molar-refractivity contribution in [2.45, 2.75) is 64.3 Å². The summed E-state index contributed by atoms with van der Waals surface area (Å²) >= 11 is 0. The molecule has 1 fully saturated rings. The van der Waals surface area contributed by atoms with Gasteiger partial charge in [-0.3, -0.25) is 0 Å². The minimum Gasteiger partial charge on any atom is -0.350 e. The van der Waals surface area contributed by atoms with E-state index in [4.69, 9.17) is 9.47 Å². The van der Waals surface area contributed by atoms with Crippen LogP contribution in [0.3, 0.4) is 0 Å². The Morgan fingerprint density at radius 3 is 2.40 bits per heavy atom. The maximum absolute atomic E-state index is 5.86. The van der Waals surface area contributed by atoms with Crippen molar-refractivity contribution in [2.75, 3.05) is 6.61 Å². The monoisotopic (exact) mass is 212 g/mol. The van der Waals surface area contributed by atoms with Crippen LogP contribution in [0.4, 0.5) is 0 Å². The molecular formula is C13H24O2. The van der Waals surface area contributed by atoms with E-state index in [2.05, 4.69) is 6.58 Å². The molecule has 0 bridgehead atoms. The first kappa shape index (κ1) is 12.7. The molecule has 1 rings (SSSR count). The van der Waals surface area contributed by atoms with Gasteiger partial charge in [0.2, 0.25) is 0 Å². The van der Waals surface area contributed by atoms with Crippen molar-refractivity contribution < 1.29 is 9.47 Å². The van der Waals surface area contributed by atoms with Gasteiger partial charge in [0.05, 0.1) is 12.7 Å². The smallest absolute Gasteiger partial charge is 0.155 e. The lowest BCUT2D eigenvalue weighted by atomic mass is 9.99. The van der Waals surface area contributed by atoms with Gasteiger partial charge in [-0.05, 0) is 19.8 Å². The number of hydrogen-bond acceptors (Lipinski definition) is 2. The third kappa shape index (κ3) is 5.95. The van der Waals surface area contributed by atoms with Gasteiger partial charge in [0, 0.05) is 0 Å². The minimum atomic E-state index is -0.0903. The summed E-state index contributed by atoms with van der Waals surface area (Å²) in [4.78, 5) is 0. The number of ether oxygens (including phenoxy) is 2. The lowest BCUT2D eigenvalue weighted by Gasteiger charge is -2.23. The molecule has 0 spiro atoms. The second-order valence-electron chi connectivity index (χ2n) is 4.29. The van der Waals surface area contributed by atoms with Crippen molar-refractivity contribution in [2.24, 2.45) is 0 Å². The molecule has 0 aromatic heterocycles. The summed E-state index contributed by atoms with van der Waals surface area (Å²) in [6.45, 7) is 6.18. The van der Waals surface area contributed by atoms with Crippen LogP contribution in [0.25, 0.3) is 0 Å². The molecule has 0 aromatic rings. The maximum Gasteiger partial charge on any atom is 0.155 e. The van der Waals surface area contributed by atoms with Crippen molar-refractivity contribution in [3.05, 3.63) is 12.7 Å². The SMILES string of the molecule is C=CCOC(C)OC1CCCCCCC1. The summed E-state index contributed by atoms with van der Waals surface area (Å²) in [5.74, 6) is 0. The average Bonchev–Trinajstić information content (AvgIpc) is 2.19. The third-order valence-electron chi connectivity index (χ3n) is 2.89. The molecule has 88 valence electrons. The van der Waals surface area contributed by atoms with E-state index in [1.807, 2.05) is 6.92 Å². The van der Waals surface area contributed by atoms with E-state index in [9.17, 15) is 0 Å². The van der Waals surface area contributed by atoms with Crippen LogP contribution < -0.4 is 0 Å². The summed E-state index contributed by atoms with van der Waals surface area (Å²) in [5.41, 5.74) is 0. The Labute approximate surface area is 93.7 Å². The van der Waals surface area contributed by atoms with Gasteiger partial charge in [-0.15, -0.1) is 6.58 Å². The fourth-order valence-electron chi connectivity index (χ4n) is 2.07. The summed E-state index contributed by atoms with van der Waals surface area (Å²) < 4.78 is 11.3. The van der Waals surface area contributed by atoms with E-state index in [0.717, 1.165) is 0 Å². The standard InChI is InChI=1S/C13H24O2/c1-3-11-14-12(2)15-13-9-7-5-4-6-8-10-13/h3,12-13H,1,4-11H2,2H3. The maximum atomic E-state index is 5.86. The van der Waals surface area contributed by atoms with Gasteiger partial charge < -0.3 is 9.47 Å². The van der Waals surface area contributed by atoms with Gasteiger partial charge in [0.1, 0.15) is 0 Å². The summed E-state index contributed by atoms with van der Waals surface area (Å²) in [7, 11) is 0. The third-order valence-corrected chi connectivity index (χ3v) is 2.89. The molecule has 0 aromatic carbocycles. The molecule has 1 unspecified atom stereocenters. The van der Waals surface area contributed by atoms with Crippen LogP contribution in [0, 0.1) is 0 Å². The Morgan fingerprint density at radius 1 is 1.20 bits per heavy atom. The molecule has 1 aliphatic rings. The second kappa shape index (κ2) is 7.89. The molecule has 0 amide bonds.